The van der Waals surface area contributed by atoms with Crippen LogP contribution < -0.4 is 20.5 Å². The molecule has 0 aliphatic rings. The molecule has 0 spiro atoms. The Kier molecular flexibility index (Phi) is 5.74. The third-order valence-electron chi connectivity index (χ3n) is 4.25. The van der Waals surface area contributed by atoms with Gasteiger partial charge in [0.25, 0.3) is 5.56 Å². The standard InChI is InChI=1S/C21H22N4O3/c1-24(2)17-12-21(27)25(22-13-17)14-20(26)23-18-11-16(9-10-19(18)28-3)15-7-5-4-6-8-15/h4-13H,14H2,1-3H3,(H,23,26). The molecule has 7 heteroatoms. The SMILES string of the molecule is COc1ccc(-c2ccccc2)cc1NC(=O)Cn1ncc(N(C)C)cc1=O. The number of hydrogen-bond acceptors (Lipinski definition) is 5. The van der Waals surface area contributed by atoms with Crippen LogP contribution in [0, 0.1) is 0 Å². The van der Waals surface area contributed by atoms with Crippen molar-refractivity contribution in [2.24, 2.45) is 0 Å². The minimum absolute atomic E-state index is 0.189. The van der Waals surface area contributed by atoms with Crippen LogP contribution in [-0.4, -0.2) is 36.9 Å². The number of nitrogens with one attached hydrogen (secondary N) is 1. The average Bonchev–Trinajstić information content (AvgIpc) is 2.70. The summed E-state index contributed by atoms with van der Waals surface area (Å²) in [6.45, 7) is -0.189. The van der Waals surface area contributed by atoms with E-state index in [1.54, 1.807) is 24.3 Å². The van der Waals surface area contributed by atoms with Crippen molar-refractivity contribution in [2.45, 2.75) is 6.54 Å². The van der Waals surface area contributed by atoms with E-state index in [1.807, 2.05) is 56.6 Å². The Morgan fingerprint density at radius 2 is 1.86 bits per heavy atom. The van der Waals surface area contributed by atoms with Gasteiger partial charge in [0.2, 0.25) is 5.91 Å². The third kappa shape index (κ3) is 4.37. The lowest BCUT2D eigenvalue weighted by molar-refractivity contribution is -0.117. The van der Waals surface area contributed by atoms with E-state index >= 15 is 0 Å². The van der Waals surface area contributed by atoms with Crippen LogP contribution >= 0.6 is 0 Å². The molecule has 144 valence electrons. The number of aromatic nitrogens is 2. The van der Waals surface area contributed by atoms with Crippen molar-refractivity contribution in [3.05, 3.63) is 71.1 Å². The van der Waals surface area contributed by atoms with Crippen molar-refractivity contribution < 1.29 is 9.53 Å². The van der Waals surface area contributed by atoms with Crippen molar-refractivity contribution in [2.75, 3.05) is 31.4 Å². The van der Waals surface area contributed by atoms with Gasteiger partial charge in [-0.1, -0.05) is 36.4 Å². The van der Waals surface area contributed by atoms with E-state index in [0.717, 1.165) is 15.8 Å². The minimum atomic E-state index is -0.365. The van der Waals surface area contributed by atoms with Gasteiger partial charge in [-0.15, -0.1) is 0 Å². The lowest BCUT2D eigenvalue weighted by Gasteiger charge is -2.14. The fraction of sp³-hybridized carbons (Fsp3) is 0.190. The lowest BCUT2D eigenvalue weighted by atomic mass is 10.0. The Morgan fingerprint density at radius 3 is 2.50 bits per heavy atom. The molecule has 28 heavy (non-hydrogen) atoms. The number of benzene rings is 2. The molecule has 0 atom stereocenters. The van der Waals surface area contributed by atoms with Crippen molar-refractivity contribution in [1.82, 2.24) is 9.78 Å². The van der Waals surface area contributed by atoms with Gasteiger partial charge in [0.15, 0.2) is 0 Å². The van der Waals surface area contributed by atoms with Gasteiger partial charge < -0.3 is 15.0 Å². The minimum Gasteiger partial charge on any atom is -0.495 e. The maximum atomic E-state index is 12.5. The predicted molar refractivity (Wildman–Crippen MR) is 110 cm³/mol. The summed E-state index contributed by atoms with van der Waals surface area (Å²) >= 11 is 0. The van der Waals surface area contributed by atoms with Gasteiger partial charge in [-0.05, 0) is 23.3 Å². The molecule has 0 unspecified atom stereocenters. The first-order valence-electron chi connectivity index (χ1n) is 8.75. The number of ether oxygens (including phenoxy) is 1. The van der Waals surface area contributed by atoms with Crippen molar-refractivity contribution in [1.29, 1.82) is 0 Å². The fourth-order valence-electron chi connectivity index (χ4n) is 2.73. The van der Waals surface area contributed by atoms with E-state index in [1.165, 1.54) is 6.07 Å². The lowest BCUT2D eigenvalue weighted by Crippen LogP contribution is -2.30. The average molecular weight is 378 g/mol. The van der Waals surface area contributed by atoms with Gasteiger partial charge in [-0.25, -0.2) is 4.68 Å². The molecular weight excluding hydrogens is 356 g/mol. The molecule has 1 amide bonds. The van der Waals surface area contributed by atoms with E-state index in [9.17, 15) is 9.59 Å². The fourth-order valence-corrected chi connectivity index (χ4v) is 2.73. The molecule has 1 heterocycles. The van der Waals surface area contributed by atoms with Crippen LogP contribution in [0.3, 0.4) is 0 Å². The third-order valence-corrected chi connectivity index (χ3v) is 4.25. The van der Waals surface area contributed by atoms with Crippen LogP contribution in [0.15, 0.2) is 65.6 Å². The first kappa shape index (κ1) is 19.2. The van der Waals surface area contributed by atoms with E-state index in [-0.39, 0.29) is 18.0 Å². The Morgan fingerprint density at radius 1 is 1.11 bits per heavy atom. The molecule has 0 saturated heterocycles. The molecule has 1 aromatic heterocycles. The number of rotatable bonds is 6. The number of anilines is 2. The van der Waals surface area contributed by atoms with Crippen LogP contribution in [0.25, 0.3) is 11.1 Å². The second-order valence-electron chi connectivity index (χ2n) is 6.43. The smallest absolute Gasteiger partial charge is 0.269 e. The quantitative estimate of drug-likeness (QED) is 0.714. The van der Waals surface area contributed by atoms with Gasteiger partial charge >= 0.3 is 0 Å². The zero-order valence-corrected chi connectivity index (χ0v) is 16.0. The Bertz CT molecular complexity index is 1030. The summed E-state index contributed by atoms with van der Waals surface area (Å²) in [5.41, 5.74) is 2.84. The highest BCUT2D eigenvalue weighted by molar-refractivity contribution is 5.93. The second kappa shape index (κ2) is 8.39. The first-order valence-corrected chi connectivity index (χ1v) is 8.75. The monoisotopic (exact) mass is 378 g/mol. The Balaban J connectivity index is 1.81. The largest absolute Gasteiger partial charge is 0.495 e. The van der Waals surface area contributed by atoms with Gasteiger partial charge in [-0.2, -0.15) is 5.10 Å². The highest BCUT2D eigenvalue weighted by Crippen LogP contribution is 2.30. The number of hydrogen-bond donors (Lipinski definition) is 1. The molecule has 0 radical (unpaired) electrons. The molecule has 0 saturated carbocycles. The molecule has 3 aromatic rings. The number of methoxy groups -OCH3 is 1. The van der Waals surface area contributed by atoms with E-state index in [2.05, 4.69) is 10.4 Å². The zero-order chi connectivity index (χ0) is 20.1. The molecular formula is C21H22N4O3. The van der Waals surface area contributed by atoms with Crippen LogP contribution in [0.5, 0.6) is 5.75 Å². The summed E-state index contributed by atoms with van der Waals surface area (Å²) in [7, 11) is 5.18. The number of nitrogens with zero attached hydrogens (tertiary/aromatic N) is 3. The summed E-state index contributed by atoms with van der Waals surface area (Å²) < 4.78 is 6.47. The second-order valence-corrected chi connectivity index (χ2v) is 6.43. The van der Waals surface area contributed by atoms with Crippen molar-refractivity contribution in [3.8, 4) is 16.9 Å². The highest BCUT2D eigenvalue weighted by atomic mass is 16.5. The predicted octanol–water partition coefficient (Wildman–Crippen LogP) is 2.62. The molecule has 0 fully saturated rings. The normalized spacial score (nSPS) is 10.4. The summed E-state index contributed by atoms with van der Waals surface area (Å²) in [5, 5.41) is 6.87. The molecule has 1 N–H and O–H groups in total. The van der Waals surface area contributed by atoms with Gasteiger partial charge in [-0.3, -0.25) is 9.59 Å². The van der Waals surface area contributed by atoms with Gasteiger partial charge in [0, 0.05) is 20.2 Å². The number of amides is 1. The molecule has 0 aliphatic carbocycles. The van der Waals surface area contributed by atoms with Crippen molar-refractivity contribution >= 4 is 17.3 Å². The topological polar surface area (TPSA) is 76.5 Å². The summed E-state index contributed by atoms with van der Waals surface area (Å²) in [6.07, 6.45) is 1.55. The molecule has 0 aliphatic heterocycles. The maximum Gasteiger partial charge on any atom is 0.269 e. The molecule has 7 nitrogen and oxygen atoms in total. The summed E-state index contributed by atoms with van der Waals surface area (Å²) in [4.78, 5) is 26.4. The number of carbonyl (C=O) groups excluding carboxylic acids is 1. The van der Waals surface area contributed by atoms with Crippen LogP contribution in [0.1, 0.15) is 0 Å². The first-order chi connectivity index (χ1) is 13.5. The van der Waals surface area contributed by atoms with E-state index in [4.69, 9.17) is 4.74 Å². The molecule has 2 aromatic carbocycles. The Labute approximate surface area is 163 Å². The van der Waals surface area contributed by atoms with Crippen LogP contribution in [-0.2, 0) is 11.3 Å². The van der Waals surface area contributed by atoms with E-state index in [0.29, 0.717) is 17.1 Å². The maximum absolute atomic E-state index is 12.5. The number of carbonyl (C=O) groups is 1. The van der Waals surface area contributed by atoms with Crippen LogP contribution in [0.2, 0.25) is 0 Å². The zero-order valence-electron chi connectivity index (χ0n) is 16.0. The van der Waals surface area contributed by atoms with Gasteiger partial charge in [0.1, 0.15) is 12.3 Å². The summed E-state index contributed by atoms with van der Waals surface area (Å²) in [6, 6.07) is 16.8. The summed E-state index contributed by atoms with van der Waals surface area (Å²) in [5.74, 6) is 0.173. The van der Waals surface area contributed by atoms with Crippen molar-refractivity contribution in [3.63, 3.8) is 0 Å². The van der Waals surface area contributed by atoms with Crippen LogP contribution in [0.4, 0.5) is 11.4 Å². The van der Waals surface area contributed by atoms with E-state index < -0.39 is 0 Å². The highest BCUT2D eigenvalue weighted by Gasteiger charge is 2.12. The Hall–Kier alpha value is -3.61. The molecule has 3 rings (SSSR count). The van der Waals surface area contributed by atoms with Gasteiger partial charge in [0.05, 0.1) is 24.7 Å². The molecule has 0 bridgehead atoms.